The molecular formula is C28H32N4O2S2. The van der Waals surface area contributed by atoms with Crippen LogP contribution in [0.4, 0.5) is 5.82 Å². The molecule has 1 amide bonds. The SMILES string of the molecule is CCCn1c(N2CCCCCC2)c(/C=C2\SC(=S)N(C(C)c3ccccc3)C2=O)c(C)c(C#N)c1=O. The number of nitriles is 1. The highest BCUT2D eigenvalue weighted by atomic mass is 32.2. The van der Waals surface area contributed by atoms with Crippen LogP contribution in [-0.2, 0) is 11.3 Å². The predicted molar refractivity (Wildman–Crippen MR) is 151 cm³/mol. The molecule has 0 bridgehead atoms. The minimum atomic E-state index is -0.251. The summed E-state index contributed by atoms with van der Waals surface area (Å²) in [4.78, 5) is 31.4. The van der Waals surface area contributed by atoms with Crippen LogP contribution >= 0.6 is 24.0 Å². The summed E-state index contributed by atoms with van der Waals surface area (Å²) >= 11 is 6.93. The monoisotopic (exact) mass is 520 g/mol. The van der Waals surface area contributed by atoms with E-state index in [4.69, 9.17) is 12.2 Å². The third kappa shape index (κ3) is 5.00. The van der Waals surface area contributed by atoms with Gasteiger partial charge in [0.25, 0.3) is 11.5 Å². The van der Waals surface area contributed by atoms with Crippen LogP contribution in [0.3, 0.4) is 0 Å². The Labute approximate surface area is 222 Å². The second kappa shape index (κ2) is 11.4. The van der Waals surface area contributed by atoms with Crippen LogP contribution in [0.1, 0.15) is 74.2 Å². The average Bonchev–Trinajstić information content (AvgIpc) is 3.04. The van der Waals surface area contributed by atoms with E-state index in [1.807, 2.05) is 57.2 Å². The van der Waals surface area contributed by atoms with Gasteiger partial charge in [-0.15, -0.1) is 0 Å². The van der Waals surface area contributed by atoms with Crippen LogP contribution in [0.15, 0.2) is 40.0 Å². The van der Waals surface area contributed by atoms with Crippen LogP contribution in [0.25, 0.3) is 6.08 Å². The highest BCUT2D eigenvalue weighted by molar-refractivity contribution is 8.26. The molecule has 1 aromatic carbocycles. The van der Waals surface area contributed by atoms with Gasteiger partial charge in [-0.1, -0.05) is 74.1 Å². The van der Waals surface area contributed by atoms with E-state index < -0.39 is 0 Å². The van der Waals surface area contributed by atoms with Crippen molar-refractivity contribution in [2.24, 2.45) is 0 Å². The maximum atomic E-state index is 13.6. The Kier molecular flexibility index (Phi) is 8.32. The largest absolute Gasteiger partial charge is 0.357 e. The maximum absolute atomic E-state index is 13.6. The first-order chi connectivity index (χ1) is 17.4. The minimum absolute atomic E-state index is 0.140. The molecule has 3 heterocycles. The Hall–Kier alpha value is -2.89. The number of pyridine rings is 1. The third-order valence-electron chi connectivity index (χ3n) is 6.97. The zero-order chi connectivity index (χ0) is 25.8. The molecule has 1 aromatic heterocycles. The van der Waals surface area contributed by atoms with Gasteiger partial charge in [0.15, 0.2) is 0 Å². The van der Waals surface area contributed by atoms with E-state index in [-0.39, 0.29) is 23.1 Å². The van der Waals surface area contributed by atoms with E-state index in [9.17, 15) is 14.9 Å². The summed E-state index contributed by atoms with van der Waals surface area (Å²) in [5, 5.41) is 9.86. The molecule has 6 nitrogen and oxygen atoms in total. The molecule has 2 fully saturated rings. The van der Waals surface area contributed by atoms with E-state index in [0.29, 0.717) is 21.3 Å². The molecule has 36 heavy (non-hydrogen) atoms. The molecule has 2 aromatic rings. The summed E-state index contributed by atoms with van der Waals surface area (Å²) < 4.78 is 2.26. The molecule has 0 saturated carbocycles. The molecule has 2 aliphatic rings. The van der Waals surface area contributed by atoms with Crippen molar-refractivity contribution in [1.82, 2.24) is 9.47 Å². The van der Waals surface area contributed by atoms with Gasteiger partial charge >= 0.3 is 0 Å². The maximum Gasteiger partial charge on any atom is 0.270 e. The number of hydrogen-bond acceptors (Lipinski definition) is 6. The number of carbonyl (C=O) groups is 1. The van der Waals surface area contributed by atoms with E-state index in [2.05, 4.69) is 11.0 Å². The Bertz CT molecular complexity index is 1290. The minimum Gasteiger partial charge on any atom is -0.357 e. The van der Waals surface area contributed by atoms with Gasteiger partial charge in [0.1, 0.15) is 21.8 Å². The van der Waals surface area contributed by atoms with Gasteiger partial charge in [0, 0.05) is 25.2 Å². The van der Waals surface area contributed by atoms with Gasteiger partial charge in [-0.2, -0.15) is 5.26 Å². The number of rotatable bonds is 6. The summed E-state index contributed by atoms with van der Waals surface area (Å²) in [5.74, 6) is 0.677. The highest BCUT2D eigenvalue weighted by Gasteiger charge is 2.36. The van der Waals surface area contributed by atoms with Gasteiger partial charge in [-0.05, 0) is 50.3 Å². The number of thioether (sulfide) groups is 1. The molecular weight excluding hydrogens is 488 g/mol. The van der Waals surface area contributed by atoms with Crippen LogP contribution in [0.5, 0.6) is 0 Å². The smallest absolute Gasteiger partial charge is 0.270 e. The second-order valence-corrected chi connectivity index (χ2v) is 11.0. The molecule has 2 saturated heterocycles. The van der Waals surface area contributed by atoms with Crippen LogP contribution in [-0.4, -0.2) is 32.8 Å². The number of thiocarbonyl (C=S) groups is 1. The van der Waals surface area contributed by atoms with E-state index >= 15 is 0 Å². The molecule has 1 atom stereocenters. The number of carbonyl (C=O) groups excluding carboxylic acids is 1. The second-order valence-electron chi connectivity index (χ2n) is 9.35. The number of aromatic nitrogens is 1. The Morgan fingerprint density at radius 3 is 2.42 bits per heavy atom. The third-order valence-corrected chi connectivity index (χ3v) is 8.30. The normalized spacial score (nSPS) is 18.4. The first-order valence-electron chi connectivity index (χ1n) is 12.6. The Morgan fingerprint density at radius 1 is 1.14 bits per heavy atom. The quantitative estimate of drug-likeness (QED) is 0.355. The first kappa shape index (κ1) is 26.2. The number of amides is 1. The topological polar surface area (TPSA) is 69.3 Å². The fourth-order valence-electron chi connectivity index (χ4n) is 5.02. The van der Waals surface area contributed by atoms with Gasteiger partial charge in [-0.25, -0.2) is 0 Å². The zero-order valence-electron chi connectivity index (χ0n) is 21.1. The van der Waals surface area contributed by atoms with Gasteiger partial charge < -0.3 is 4.90 Å². The van der Waals surface area contributed by atoms with Crippen molar-refractivity contribution < 1.29 is 4.79 Å². The van der Waals surface area contributed by atoms with Crippen molar-refractivity contribution in [2.45, 2.75) is 65.5 Å². The fraction of sp³-hybridized carbons (Fsp3) is 0.429. The van der Waals surface area contributed by atoms with Crippen molar-refractivity contribution in [1.29, 1.82) is 5.26 Å². The van der Waals surface area contributed by atoms with E-state index in [1.165, 1.54) is 11.8 Å². The summed E-state index contributed by atoms with van der Waals surface area (Å²) in [5.41, 5.74) is 2.30. The Balaban J connectivity index is 1.85. The molecule has 188 valence electrons. The van der Waals surface area contributed by atoms with E-state index in [1.54, 1.807) is 9.47 Å². The number of benzene rings is 1. The van der Waals surface area contributed by atoms with Crippen molar-refractivity contribution in [3.8, 4) is 6.07 Å². The van der Waals surface area contributed by atoms with Crippen LogP contribution in [0, 0.1) is 18.3 Å². The lowest BCUT2D eigenvalue weighted by Crippen LogP contribution is -2.35. The number of anilines is 1. The number of nitrogens with zero attached hydrogens (tertiary/aromatic N) is 4. The fourth-order valence-corrected chi connectivity index (χ4v) is 6.42. The predicted octanol–water partition coefficient (Wildman–Crippen LogP) is 5.78. The molecule has 0 spiro atoms. The lowest BCUT2D eigenvalue weighted by molar-refractivity contribution is -0.123. The first-order valence-corrected chi connectivity index (χ1v) is 13.9. The molecule has 0 aliphatic carbocycles. The Morgan fingerprint density at radius 2 is 1.81 bits per heavy atom. The summed E-state index contributed by atoms with van der Waals surface area (Å²) in [6, 6.07) is 11.8. The molecule has 0 radical (unpaired) electrons. The molecule has 1 unspecified atom stereocenters. The number of hydrogen-bond donors (Lipinski definition) is 0. The van der Waals surface area contributed by atoms with Crippen molar-refractivity contribution in [2.75, 3.05) is 18.0 Å². The molecule has 2 aliphatic heterocycles. The molecule has 8 heteroatoms. The lowest BCUT2D eigenvalue weighted by Gasteiger charge is -2.29. The van der Waals surface area contributed by atoms with Crippen LogP contribution < -0.4 is 10.5 Å². The standard InChI is InChI=1S/C28H32N4O2S2/c1-4-14-31-25(30-15-10-5-6-11-16-30)22(19(2)23(18-29)26(31)33)17-24-27(34)32(28(35)36-24)20(3)21-12-8-7-9-13-21/h7-9,12-13,17,20H,4-6,10-11,14-16H2,1-3H3/b24-17-. The highest BCUT2D eigenvalue weighted by Crippen LogP contribution is 2.40. The molecule has 0 N–H and O–H groups in total. The van der Waals surface area contributed by atoms with E-state index in [0.717, 1.165) is 62.1 Å². The average molecular weight is 521 g/mol. The lowest BCUT2D eigenvalue weighted by atomic mass is 10.0. The molecule has 4 rings (SSSR count). The van der Waals surface area contributed by atoms with Crippen LogP contribution in [0.2, 0.25) is 0 Å². The van der Waals surface area contributed by atoms with Crippen molar-refractivity contribution >= 4 is 46.1 Å². The van der Waals surface area contributed by atoms with Crippen molar-refractivity contribution in [3.05, 3.63) is 67.8 Å². The zero-order valence-corrected chi connectivity index (χ0v) is 22.8. The summed E-state index contributed by atoms with van der Waals surface area (Å²) in [7, 11) is 0. The summed E-state index contributed by atoms with van der Waals surface area (Å²) in [6.07, 6.45) is 7.05. The summed E-state index contributed by atoms with van der Waals surface area (Å²) in [6.45, 7) is 8.04. The van der Waals surface area contributed by atoms with Gasteiger partial charge in [0.05, 0.1) is 10.9 Å². The van der Waals surface area contributed by atoms with Gasteiger partial charge in [-0.3, -0.25) is 19.1 Å². The van der Waals surface area contributed by atoms with Gasteiger partial charge in [0.2, 0.25) is 0 Å². The van der Waals surface area contributed by atoms with Crippen molar-refractivity contribution in [3.63, 3.8) is 0 Å².